The maximum Gasteiger partial charge on any atom is 0.151 e. The zero-order chi connectivity index (χ0) is 15.4. The minimum absolute atomic E-state index is 0.0890. The highest BCUT2D eigenvalue weighted by Crippen LogP contribution is 2.26. The predicted molar refractivity (Wildman–Crippen MR) is 83.6 cm³/mol. The van der Waals surface area contributed by atoms with Crippen molar-refractivity contribution in [3.05, 3.63) is 42.0 Å². The van der Waals surface area contributed by atoms with E-state index in [1.807, 2.05) is 18.2 Å². The van der Waals surface area contributed by atoms with Gasteiger partial charge in [0.25, 0.3) is 0 Å². The van der Waals surface area contributed by atoms with Gasteiger partial charge in [-0.25, -0.2) is 4.98 Å². The maximum atomic E-state index is 9.63. The number of pyridine rings is 1. The molecule has 3 N–H and O–H groups in total. The van der Waals surface area contributed by atoms with Gasteiger partial charge in [-0.1, -0.05) is 0 Å². The van der Waals surface area contributed by atoms with E-state index in [-0.39, 0.29) is 12.7 Å². The van der Waals surface area contributed by atoms with Crippen LogP contribution < -0.4 is 10.2 Å². The van der Waals surface area contributed by atoms with E-state index in [9.17, 15) is 5.11 Å². The van der Waals surface area contributed by atoms with Crippen molar-refractivity contribution in [2.45, 2.75) is 32.1 Å². The summed E-state index contributed by atoms with van der Waals surface area (Å²) in [6.07, 6.45) is 3.13. The quantitative estimate of drug-likeness (QED) is 0.780. The lowest BCUT2D eigenvalue weighted by Gasteiger charge is -2.31. The smallest absolute Gasteiger partial charge is 0.151 e. The zero-order valence-corrected chi connectivity index (χ0v) is 12.4. The van der Waals surface area contributed by atoms with Crippen LogP contribution in [0.1, 0.15) is 24.4 Å². The highest BCUT2D eigenvalue weighted by Gasteiger charge is 2.20. The number of aliphatic hydroxyl groups excluding tert-OH is 2. The number of anilines is 2. The van der Waals surface area contributed by atoms with Crippen LogP contribution >= 0.6 is 0 Å². The van der Waals surface area contributed by atoms with E-state index in [4.69, 9.17) is 9.52 Å². The number of hydrogen-bond donors (Lipinski definition) is 3. The Kier molecular flexibility index (Phi) is 4.60. The molecule has 3 heterocycles. The average molecular weight is 303 g/mol. The van der Waals surface area contributed by atoms with Crippen molar-refractivity contribution >= 4 is 11.5 Å². The Labute approximate surface area is 129 Å². The molecule has 0 aliphatic carbocycles. The normalized spacial score (nSPS) is 16.0. The van der Waals surface area contributed by atoms with Crippen LogP contribution in [0.3, 0.4) is 0 Å². The fourth-order valence-electron chi connectivity index (χ4n) is 2.65. The van der Waals surface area contributed by atoms with Crippen LogP contribution in [0.4, 0.5) is 11.5 Å². The van der Waals surface area contributed by atoms with Gasteiger partial charge in [0, 0.05) is 19.3 Å². The lowest BCUT2D eigenvalue weighted by molar-refractivity contribution is 0.145. The van der Waals surface area contributed by atoms with Crippen molar-refractivity contribution in [3.8, 4) is 0 Å². The van der Waals surface area contributed by atoms with Gasteiger partial charge in [-0.05, 0) is 37.1 Å². The van der Waals surface area contributed by atoms with Crippen molar-refractivity contribution in [1.29, 1.82) is 0 Å². The van der Waals surface area contributed by atoms with E-state index in [0.717, 1.165) is 43.2 Å². The van der Waals surface area contributed by atoms with Crippen LogP contribution in [0.5, 0.6) is 0 Å². The van der Waals surface area contributed by atoms with Crippen LogP contribution in [0, 0.1) is 0 Å². The summed E-state index contributed by atoms with van der Waals surface area (Å²) in [5.41, 5.74) is 0.945. The number of hydrogen-bond acceptors (Lipinski definition) is 6. The number of nitrogens with zero attached hydrogens (tertiary/aromatic N) is 2. The van der Waals surface area contributed by atoms with Gasteiger partial charge in [0.05, 0.1) is 18.3 Å². The molecular weight excluding hydrogens is 282 g/mol. The SMILES string of the molecule is OCc1ccc(CNc2cccnc2N2CCC(O)CC2)o1. The maximum absolute atomic E-state index is 9.63. The Hall–Kier alpha value is -2.05. The van der Waals surface area contributed by atoms with Gasteiger partial charge >= 0.3 is 0 Å². The molecule has 2 aromatic rings. The van der Waals surface area contributed by atoms with Crippen LogP contribution in [0.15, 0.2) is 34.9 Å². The largest absolute Gasteiger partial charge is 0.462 e. The van der Waals surface area contributed by atoms with Gasteiger partial charge in [-0.3, -0.25) is 0 Å². The number of furan rings is 1. The Bertz CT molecular complexity index is 606. The lowest BCUT2D eigenvalue weighted by atomic mass is 10.1. The Morgan fingerprint density at radius 3 is 2.73 bits per heavy atom. The van der Waals surface area contributed by atoms with Gasteiger partial charge in [0.1, 0.15) is 18.1 Å². The zero-order valence-electron chi connectivity index (χ0n) is 12.4. The highest BCUT2D eigenvalue weighted by molar-refractivity contribution is 5.65. The molecule has 3 rings (SSSR count). The predicted octanol–water partition coefficient (Wildman–Crippen LogP) is 1.74. The van der Waals surface area contributed by atoms with E-state index < -0.39 is 0 Å². The van der Waals surface area contributed by atoms with Crippen molar-refractivity contribution in [2.75, 3.05) is 23.3 Å². The summed E-state index contributed by atoms with van der Waals surface area (Å²) in [5.74, 6) is 2.24. The molecule has 0 amide bonds. The van der Waals surface area contributed by atoms with E-state index in [2.05, 4.69) is 15.2 Å². The standard InChI is InChI=1S/C16H21N3O3/c20-11-14-4-3-13(22-14)10-18-15-2-1-7-17-16(15)19-8-5-12(21)6-9-19/h1-4,7,12,18,20-21H,5-6,8-11H2. The number of rotatable bonds is 5. The van der Waals surface area contributed by atoms with E-state index in [0.29, 0.717) is 12.3 Å². The van der Waals surface area contributed by atoms with Crippen LogP contribution in [0.25, 0.3) is 0 Å². The van der Waals surface area contributed by atoms with Gasteiger partial charge < -0.3 is 24.8 Å². The summed E-state index contributed by atoms with van der Waals surface area (Å²) >= 11 is 0. The summed E-state index contributed by atoms with van der Waals surface area (Å²) in [6.45, 7) is 2.06. The molecule has 0 unspecified atom stereocenters. The Morgan fingerprint density at radius 2 is 2.00 bits per heavy atom. The highest BCUT2D eigenvalue weighted by atomic mass is 16.4. The number of piperidine rings is 1. The third-order valence-electron chi connectivity index (χ3n) is 3.88. The Balaban J connectivity index is 1.68. The molecule has 0 radical (unpaired) electrons. The average Bonchev–Trinajstić information content (AvgIpc) is 3.02. The number of aromatic nitrogens is 1. The first-order valence-electron chi connectivity index (χ1n) is 7.56. The van der Waals surface area contributed by atoms with Gasteiger partial charge in [-0.15, -0.1) is 0 Å². The Morgan fingerprint density at radius 1 is 1.23 bits per heavy atom. The minimum Gasteiger partial charge on any atom is -0.462 e. The first-order chi connectivity index (χ1) is 10.8. The molecule has 0 bridgehead atoms. The molecule has 1 saturated heterocycles. The number of aliphatic hydroxyl groups is 2. The van der Waals surface area contributed by atoms with Gasteiger partial charge in [-0.2, -0.15) is 0 Å². The monoisotopic (exact) mass is 303 g/mol. The molecule has 118 valence electrons. The topological polar surface area (TPSA) is 81.8 Å². The summed E-state index contributed by atoms with van der Waals surface area (Å²) in [6, 6.07) is 7.51. The van der Waals surface area contributed by atoms with Crippen LogP contribution in [-0.2, 0) is 13.2 Å². The van der Waals surface area contributed by atoms with Crippen LogP contribution in [0.2, 0.25) is 0 Å². The van der Waals surface area contributed by atoms with Crippen molar-refractivity contribution in [3.63, 3.8) is 0 Å². The summed E-state index contributed by atoms with van der Waals surface area (Å²) in [4.78, 5) is 6.66. The third kappa shape index (κ3) is 3.40. The van der Waals surface area contributed by atoms with Crippen LogP contribution in [-0.4, -0.2) is 34.4 Å². The molecule has 1 fully saturated rings. The first kappa shape index (κ1) is 14.9. The van der Waals surface area contributed by atoms with Crippen molar-refractivity contribution in [2.24, 2.45) is 0 Å². The first-order valence-corrected chi connectivity index (χ1v) is 7.56. The van der Waals surface area contributed by atoms with Crippen molar-refractivity contribution in [1.82, 2.24) is 4.98 Å². The minimum atomic E-state index is -0.198. The lowest BCUT2D eigenvalue weighted by Crippen LogP contribution is -2.36. The molecular formula is C16H21N3O3. The molecule has 22 heavy (non-hydrogen) atoms. The second-order valence-electron chi connectivity index (χ2n) is 5.47. The second-order valence-corrected chi connectivity index (χ2v) is 5.47. The summed E-state index contributed by atoms with van der Waals surface area (Å²) < 4.78 is 5.47. The molecule has 1 aliphatic heterocycles. The third-order valence-corrected chi connectivity index (χ3v) is 3.88. The van der Waals surface area contributed by atoms with E-state index in [1.165, 1.54) is 0 Å². The van der Waals surface area contributed by atoms with Gasteiger partial charge in [0.2, 0.25) is 0 Å². The molecule has 2 aromatic heterocycles. The molecule has 0 atom stereocenters. The fourth-order valence-corrected chi connectivity index (χ4v) is 2.65. The number of nitrogens with one attached hydrogen (secondary N) is 1. The summed E-state index contributed by atoms with van der Waals surface area (Å²) in [5, 5.41) is 22.0. The molecule has 6 nitrogen and oxygen atoms in total. The van der Waals surface area contributed by atoms with E-state index in [1.54, 1.807) is 12.3 Å². The molecule has 1 aliphatic rings. The van der Waals surface area contributed by atoms with Crippen molar-refractivity contribution < 1.29 is 14.6 Å². The molecule has 0 aromatic carbocycles. The summed E-state index contributed by atoms with van der Waals surface area (Å²) in [7, 11) is 0. The molecule has 0 saturated carbocycles. The molecule has 0 spiro atoms. The van der Waals surface area contributed by atoms with E-state index >= 15 is 0 Å². The second kappa shape index (κ2) is 6.81. The van der Waals surface area contributed by atoms with Gasteiger partial charge in [0.15, 0.2) is 5.82 Å². The molecule has 6 heteroatoms. The fraction of sp³-hybridized carbons (Fsp3) is 0.438.